The van der Waals surface area contributed by atoms with Crippen LogP contribution in [0.3, 0.4) is 0 Å². The molecule has 1 atom stereocenters. The van der Waals surface area contributed by atoms with Crippen LogP contribution in [0.2, 0.25) is 0 Å². The first kappa shape index (κ1) is 20.7. The van der Waals surface area contributed by atoms with Gasteiger partial charge in [-0.2, -0.15) is 9.78 Å². The molecule has 0 radical (unpaired) electrons. The Labute approximate surface area is 180 Å². The van der Waals surface area contributed by atoms with Gasteiger partial charge in [-0.3, -0.25) is 0 Å². The van der Waals surface area contributed by atoms with E-state index in [1.165, 1.54) is 13.3 Å². The zero-order chi connectivity index (χ0) is 22.2. The Hall–Kier alpha value is -3.55. The molecule has 1 unspecified atom stereocenters. The van der Waals surface area contributed by atoms with Crippen molar-refractivity contribution in [1.82, 2.24) is 15.1 Å². The lowest BCUT2D eigenvalue weighted by Gasteiger charge is -2.31. The number of anilines is 1. The molecule has 0 aliphatic carbocycles. The third-order valence-corrected chi connectivity index (χ3v) is 5.40. The number of urea groups is 1. The number of hydrogen-bond donors (Lipinski definition) is 2. The second-order valence-electron chi connectivity index (χ2n) is 8.53. The number of carbonyl (C=O) groups is 2. The summed E-state index contributed by atoms with van der Waals surface area (Å²) < 4.78 is 11.9. The molecule has 0 saturated heterocycles. The van der Waals surface area contributed by atoms with Crippen LogP contribution in [0, 0.1) is 0 Å². The summed E-state index contributed by atoms with van der Waals surface area (Å²) in [5, 5.41) is 10.7. The molecular formula is C23H26N4O4. The van der Waals surface area contributed by atoms with Gasteiger partial charge >= 0.3 is 12.1 Å². The fraction of sp³-hybridized carbons (Fsp3) is 0.348. The average Bonchev–Trinajstić information content (AvgIpc) is 3.17. The molecule has 3 aromatic rings. The number of ether oxygens (including phenoxy) is 2. The SMILES string of the molecule is COC(=O)n1ncc2c(NC(=O)NC3CCOc4c3cccc4C(C)(C)C)cccc21. The molecule has 1 aliphatic rings. The summed E-state index contributed by atoms with van der Waals surface area (Å²) in [5.74, 6) is 0.855. The number of hydrogen-bond acceptors (Lipinski definition) is 5. The highest BCUT2D eigenvalue weighted by molar-refractivity contribution is 6.02. The lowest BCUT2D eigenvalue weighted by atomic mass is 9.83. The van der Waals surface area contributed by atoms with Gasteiger partial charge in [0.05, 0.1) is 37.2 Å². The summed E-state index contributed by atoms with van der Waals surface area (Å²) in [6.45, 7) is 6.97. The molecule has 1 aromatic heterocycles. The van der Waals surface area contributed by atoms with Crippen molar-refractivity contribution < 1.29 is 19.1 Å². The van der Waals surface area contributed by atoms with Gasteiger partial charge in [-0.25, -0.2) is 9.59 Å². The lowest BCUT2D eigenvalue weighted by Crippen LogP contribution is -2.35. The van der Waals surface area contributed by atoms with E-state index in [1.807, 2.05) is 12.1 Å². The molecule has 4 rings (SSSR count). The van der Waals surface area contributed by atoms with E-state index in [0.29, 0.717) is 29.6 Å². The summed E-state index contributed by atoms with van der Waals surface area (Å²) in [7, 11) is 1.29. The summed E-state index contributed by atoms with van der Waals surface area (Å²) in [6.07, 6.45) is 1.62. The van der Waals surface area contributed by atoms with Gasteiger partial charge in [-0.1, -0.05) is 45.0 Å². The summed E-state index contributed by atoms with van der Waals surface area (Å²) in [4.78, 5) is 24.7. The van der Waals surface area contributed by atoms with Crippen LogP contribution < -0.4 is 15.4 Å². The molecule has 1 aliphatic heterocycles. The molecule has 0 fully saturated rings. The Morgan fingerprint density at radius 3 is 2.71 bits per heavy atom. The van der Waals surface area contributed by atoms with Crippen molar-refractivity contribution in [3.63, 3.8) is 0 Å². The second kappa shape index (κ2) is 7.94. The number of para-hydroxylation sites is 1. The van der Waals surface area contributed by atoms with Gasteiger partial charge in [0.2, 0.25) is 0 Å². The quantitative estimate of drug-likeness (QED) is 0.630. The number of nitrogens with one attached hydrogen (secondary N) is 2. The number of rotatable bonds is 2. The highest BCUT2D eigenvalue weighted by Gasteiger charge is 2.29. The average molecular weight is 422 g/mol. The van der Waals surface area contributed by atoms with E-state index >= 15 is 0 Å². The highest BCUT2D eigenvalue weighted by Crippen LogP contribution is 2.40. The fourth-order valence-electron chi connectivity index (χ4n) is 3.87. The van der Waals surface area contributed by atoms with E-state index in [0.717, 1.165) is 21.6 Å². The first-order valence-electron chi connectivity index (χ1n) is 10.2. The molecule has 162 valence electrons. The van der Waals surface area contributed by atoms with Crippen LogP contribution in [0.4, 0.5) is 15.3 Å². The maximum absolute atomic E-state index is 12.8. The van der Waals surface area contributed by atoms with E-state index in [1.54, 1.807) is 18.2 Å². The highest BCUT2D eigenvalue weighted by atomic mass is 16.5. The Bertz CT molecular complexity index is 1150. The molecule has 2 amide bonds. The van der Waals surface area contributed by atoms with Gasteiger partial charge in [-0.05, 0) is 23.1 Å². The number of aromatic nitrogens is 2. The zero-order valence-corrected chi connectivity index (χ0v) is 18.1. The summed E-state index contributed by atoms with van der Waals surface area (Å²) in [5.41, 5.74) is 3.14. The maximum atomic E-state index is 12.8. The van der Waals surface area contributed by atoms with Gasteiger partial charge in [0.15, 0.2) is 0 Å². The Morgan fingerprint density at radius 2 is 1.97 bits per heavy atom. The predicted molar refractivity (Wildman–Crippen MR) is 118 cm³/mol. The molecule has 8 heteroatoms. The first-order chi connectivity index (χ1) is 14.8. The number of methoxy groups -OCH3 is 1. The molecule has 2 aromatic carbocycles. The maximum Gasteiger partial charge on any atom is 0.434 e. The van der Waals surface area contributed by atoms with Gasteiger partial charge in [0, 0.05) is 17.4 Å². The topological polar surface area (TPSA) is 94.5 Å². The van der Waals surface area contributed by atoms with Crippen LogP contribution in [0.1, 0.15) is 44.4 Å². The van der Waals surface area contributed by atoms with Crippen molar-refractivity contribution in [2.24, 2.45) is 0 Å². The van der Waals surface area contributed by atoms with Crippen LogP contribution in [0.25, 0.3) is 10.9 Å². The molecule has 0 saturated carbocycles. The summed E-state index contributed by atoms with van der Waals surface area (Å²) >= 11 is 0. The van der Waals surface area contributed by atoms with E-state index < -0.39 is 6.09 Å². The van der Waals surface area contributed by atoms with Crippen molar-refractivity contribution in [2.75, 3.05) is 19.0 Å². The predicted octanol–water partition coefficient (Wildman–Crippen LogP) is 4.59. The zero-order valence-electron chi connectivity index (χ0n) is 18.1. The van der Waals surface area contributed by atoms with Crippen LogP contribution in [-0.2, 0) is 10.2 Å². The van der Waals surface area contributed by atoms with Crippen molar-refractivity contribution in [3.8, 4) is 5.75 Å². The minimum absolute atomic E-state index is 0.0646. The Morgan fingerprint density at radius 1 is 1.19 bits per heavy atom. The number of benzene rings is 2. The standard InChI is InChI=1S/C23H26N4O4/c1-23(2,3)16-8-5-7-14-18(11-12-31-20(14)16)26-21(28)25-17-9-6-10-19-15(17)13-24-27(19)22(29)30-4/h5-10,13,18H,11-12H2,1-4H3,(H2,25,26,28). The van der Waals surface area contributed by atoms with Crippen molar-refractivity contribution in [2.45, 2.75) is 38.6 Å². The monoisotopic (exact) mass is 422 g/mol. The van der Waals surface area contributed by atoms with Crippen LogP contribution in [0.15, 0.2) is 42.6 Å². The fourth-order valence-corrected chi connectivity index (χ4v) is 3.87. The smallest absolute Gasteiger partial charge is 0.434 e. The van der Waals surface area contributed by atoms with E-state index in [-0.39, 0.29) is 17.5 Å². The first-order valence-corrected chi connectivity index (χ1v) is 10.2. The van der Waals surface area contributed by atoms with Gasteiger partial charge in [-0.15, -0.1) is 0 Å². The lowest BCUT2D eigenvalue weighted by molar-refractivity contribution is 0.170. The second-order valence-corrected chi connectivity index (χ2v) is 8.53. The third-order valence-electron chi connectivity index (χ3n) is 5.40. The number of fused-ring (bicyclic) bond motifs is 2. The molecule has 0 bridgehead atoms. The minimum Gasteiger partial charge on any atom is -0.493 e. The molecule has 0 spiro atoms. The summed E-state index contributed by atoms with van der Waals surface area (Å²) in [6, 6.07) is 10.8. The van der Waals surface area contributed by atoms with Gasteiger partial charge < -0.3 is 20.1 Å². The van der Waals surface area contributed by atoms with Crippen molar-refractivity contribution >= 4 is 28.7 Å². The number of carbonyl (C=O) groups excluding carboxylic acids is 2. The van der Waals surface area contributed by atoms with Crippen LogP contribution >= 0.6 is 0 Å². The number of amides is 2. The van der Waals surface area contributed by atoms with Crippen molar-refractivity contribution in [3.05, 3.63) is 53.7 Å². The Balaban J connectivity index is 1.56. The molecule has 31 heavy (non-hydrogen) atoms. The van der Waals surface area contributed by atoms with Crippen LogP contribution in [-0.4, -0.2) is 35.6 Å². The minimum atomic E-state index is -0.593. The van der Waals surface area contributed by atoms with E-state index in [2.05, 4.69) is 42.6 Å². The van der Waals surface area contributed by atoms with E-state index in [4.69, 9.17) is 9.47 Å². The molecular weight excluding hydrogens is 396 g/mol. The molecule has 8 nitrogen and oxygen atoms in total. The Kier molecular flexibility index (Phi) is 5.31. The molecule has 2 N–H and O–H groups in total. The van der Waals surface area contributed by atoms with E-state index in [9.17, 15) is 9.59 Å². The number of nitrogens with zero attached hydrogens (tertiary/aromatic N) is 2. The third kappa shape index (κ3) is 3.93. The van der Waals surface area contributed by atoms with Gasteiger partial charge in [0.1, 0.15) is 5.75 Å². The van der Waals surface area contributed by atoms with Gasteiger partial charge in [0.25, 0.3) is 0 Å². The normalized spacial score (nSPS) is 15.7. The molecule has 2 heterocycles. The van der Waals surface area contributed by atoms with Crippen molar-refractivity contribution in [1.29, 1.82) is 0 Å². The van der Waals surface area contributed by atoms with Crippen LogP contribution in [0.5, 0.6) is 5.75 Å². The largest absolute Gasteiger partial charge is 0.493 e.